The Bertz CT molecular complexity index is 1680. The molecule has 5 rings (SSSR count). The van der Waals surface area contributed by atoms with E-state index in [1.54, 1.807) is 12.1 Å². The Hall–Kier alpha value is -4.52. The molecule has 1 amide bonds. The fraction of sp³-hybridized carbons (Fsp3) is 0.290. The van der Waals surface area contributed by atoms with Crippen LogP contribution in [0.2, 0.25) is 0 Å². The minimum Gasteiger partial charge on any atom is -0.366 e. The van der Waals surface area contributed by atoms with Gasteiger partial charge in [-0.25, -0.2) is 13.2 Å². The number of rotatable bonds is 12. The van der Waals surface area contributed by atoms with E-state index in [0.717, 1.165) is 35.7 Å². The van der Waals surface area contributed by atoms with Crippen molar-refractivity contribution < 1.29 is 35.9 Å². The number of nitrogens with zero attached hydrogens (tertiary/aromatic N) is 3. The summed E-state index contributed by atoms with van der Waals surface area (Å²) < 4.78 is 84.3. The molecule has 1 aliphatic rings. The van der Waals surface area contributed by atoms with Gasteiger partial charge in [-0.15, -0.1) is 0 Å². The number of halogens is 6. The number of hydrogen-bond donors (Lipinski definition) is 2. The molecule has 44 heavy (non-hydrogen) atoms. The smallest absolute Gasteiger partial charge is 0.366 e. The highest BCUT2D eigenvalue weighted by Gasteiger charge is 2.37. The fourth-order valence-electron chi connectivity index (χ4n) is 5.12. The maximum absolute atomic E-state index is 14.2. The second-order valence-electron chi connectivity index (χ2n) is 10.8. The number of primary amides is 1. The summed E-state index contributed by atoms with van der Waals surface area (Å²) >= 11 is 0. The molecular weight excluding hydrogens is 588 g/mol. The van der Waals surface area contributed by atoms with Gasteiger partial charge in [0.25, 0.3) is 5.91 Å². The molecule has 1 saturated carbocycles. The van der Waals surface area contributed by atoms with Gasteiger partial charge in [0, 0.05) is 54.5 Å². The van der Waals surface area contributed by atoms with E-state index < -0.39 is 53.5 Å². The van der Waals surface area contributed by atoms with Crippen LogP contribution in [0.4, 0.5) is 26.3 Å². The average molecular weight is 616 g/mol. The lowest BCUT2D eigenvalue weighted by Gasteiger charge is -2.20. The maximum Gasteiger partial charge on any atom is 0.435 e. The van der Waals surface area contributed by atoms with Crippen molar-refractivity contribution in [1.29, 1.82) is 0 Å². The molecule has 4 aromatic rings. The predicted octanol–water partition coefficient (Wildman–Crippen LogP) is 5.72. The molecule has 2 aromatic carbocycles. The number of Topliss-reactive ketones (excluding diaryl/α,β-unsaturated/α-hetero) is 1. The van der Waals surface area contributed by atoms with Crippen LogP contribution in [0.5, 0.6) is 0 Å². The van der Waals surface area contributed by atoms with E-state index in [0.29, 0.717) is 22.9 Å². The SMILES string of the molecule is NC(=O)c1cc(-c2cccnc2[C@@H](CC(=O)Cn2cc(CNC3CC3)c(C(F)(F)F)n2)Cc2cc(F)cc(F)c2)ccc1F. The molecule has 0 radical (unpaired) electrons. The number of hydrogen-bond acceptors (Lipinski definition) is 5. The number of nitrogens with one attached hydrogen (secondary N) is 1. The van der Waals surface area contributed by atoms with Gasteiger partial charge in [-0.3, -0.25) is 19.3 Å². The quantitative estimate of drug-likeness (QED) is 0.199. The highest BCUT2D eigenvalue weighted by atomic mass is 19.4. The molecule has 230 valence electrons. The van der Waals surface area contributed by atoms with Crippen LogP contribution in [0.1, 0.15) is 58.1 Å². The standard InChI is InChI=1S/C31H27F6N5O2/c32-21-9-17(10-22(33)13-21)8-19(28-25(2-1-7-39-28)18-3-6-27(34)26(12-18)30(38)44)11-24(43)16-42-15-20(14-40-23-4-5-23)29(41-42)31(35,36)37/h1-3,6-7,9-10,12-13,15,19,23,40H,4-5,8,11,14,16H2,(H2,38,44)/t19-/m1/s1. The van der Waals surface area contributed by atoms with Crippen molar-refractivity contribution in [3.8, 4) is 11.1 Å². The Balaban J connectivity index is 1.47. The van der Waals surface area contributed by atoms with Gasteiger partial charge in [0.2, 0.25) is 0 Å². The maximum atomic E-state index is 14.2. The molecule has 7 nitrogen and oxygen atoms in total. The third-order valence-electron chi connectivity index (χ3n) is 7.25. The summed E-state index contributed by atoms with van der Waals surface area (Å²) in [6, 6.07) is 9.94. The first-order valence-corrected chi connectivity index (χ1v) is 13.8. The second kappa shape index (κ2) is 12.6. The monoisotopic (exact) mass is 615 g/mol. The summed E-state index contributed by atoms with van der Waals surface area (Å²) in [7, 11) is 0. The average Bonchev–Trinajstić information content (AvgIpc) is 3.68. The topological polar surface area (TPSA) is 103 Å². The minimum atomic E-state index is -4.72. The summed E-state index contributed by atoms with van der Waals surface area (Å²) in [5.74, 6) is -4.84. The Kier molecular flexibility index (Phi) is 8.86. The number of carbonyl (C=O) groups is 2. The molecule has 0 saturated heterocycles. The summed E-state index contributed by atoms with van der Waals surface area (Å²) in [4.78, 5) is 29.6. The number of ketones is 1. The molecule has 3 N–H and O–H groups in total. The van der Waals surface area contributed by atoms with Crippen molar-refractivity contribution in [3.05, 3.63) is 106 Å². The molecule has 0 aliphatic heterocycles. The first-order chi connectivity index (χ1) is 20.9. The Labute approximate surface area is 248 Å². The number of nitrogens with two attached hydrogens (primary N) is 1. The van der Waals surface area contributed by atoms with Crippen molar-refractivity contribution >= 4 is 11.7 Å². The second-order valence-corrected chi connectivity index (χ2v) is 10.8. The van der Waals surface area contributed by atoms with Crippen molar-refractivity contribution in [2.45, 2.75) is 56.9 Å². The molecule has 0 spiro atoms. The first-order valence-electron chi connectivity index (χ1n) is 13.8. The zero-order chi connectivity index (χ0) is 31.6. The van der Waals surface area contributed by atoms with Crippen molar-refractivity contribution in [1.82, 2.24) is 20.1 Å². The molecular formula is C31H27F6N5O2. The normalized spacial score (nSPS) is 14.0. The van der Waals surface area contributed by atoms with Crippen LogP contribution in [0.15, 0.2) is 60.9 Å². The number of benzene rings is 2. The number of carbonyl (C=O) groups excluding carboxylic acids is 2. The van der Waals surface area contributed by atoms with E-state index in [1.807, 2.05) is 0 Å². The van der Waals surface area contributed by atoms with E-state index in [-0.39, 0.29) is 42.1 Å². The van der Waals surface area contributed by atoms with Crippen LogP contribution in [0, 0.1) is 17.5 Å². The lowest BCUT2D eigenvalue weighted by Crippen LogP contribution is -2.18. The number of amides is 1. The van der Waals surface area contributed by atoms with Crippen LogP contribution in [0.3, 0.4) is 0 Å². The van der Waals surface area contributed by atoms with Crippen LogP contribution >= 0.6 is 0 Å². The van der Waals surface area contributed by atoms with E-state index in [9.17, 15) is 35.9 Å². The Morgan fingerprint density at radius 1 is 1.05 bits per heavy atom. The predicted molar refractivity (Wildman–Crippen MR) is 148 cm³/mol. The van der Waals surface area contributed by atoms with Gasteiger partial charge in [-0.2, -0.15) is 18.3 Å². The van der Waals surface area contributed by atoms with Crippen LogP contribution in [-0.2, 0) is 30.5 Å². The zero-order valence-corrected chi connectivity index (χ0v) is 23.2. The van der Waals surface area contributed by atoms with Crippen molar-refractivity contribution in [3.63, 3.8) is 0 Å². The van der Waals surface area contributed by atoms with Gasteiger partial charge in [-0.05, 0) is 60.7 Å². The third kappa shape index (κ3) is 7.51. The lowest BCUT2D eigenvalue weighted by atomic mass is 9.86. The van der Waals surface area contributed by atoms with E-state index >= 15 is 0 Å². The molecule has 1 atom stereocenters. The number of pyridine rings is 1. The fourth-order valence-corrected chi connectivity index (χ4v) is 5.12. The molecule has 0 bridgehead atoms. The molecule has 1 aliphatic carbocycles. The summed E-state index contributed by atoms with van der Waals surface area (Å²) in [6.45, 7) is -0.547. The highest BCUT2D eigenvalue weighted by molar-refractivity contribution is 5.94. The third-order valence-corrected chi connectivity index (χ3v) is 7.25. The lowest BCUT2D eigenvalue weighted by molar-refractivity contribution is -0.142. The highest BCUT2D eigenvalue weighted by Crippen LogP contribution is 2.34. The molecule has 13 heteroatoms. The molecule has 0 unspecified atom stereocenters. The Morgan fingerprint density at radius 2 is 1.77 bits per heavy atom. The minimum absolute atomic E-state index is 0.0519. The van der Waals surface area contributed by atoms with Crippen LogP contribution < -0.4 is 11.1 Å². The summed E-state index contributed by atoms with van der Waals surface area (Å²) in [5, 5.41) is 6.66. The zero-order valence-electron chi connectivity index (χ0n) is 23.2. The van der Waals surface area contributed by atoms with E-state index in [1.165, 1.54) is 24.5 Å². The number of aromatic nitrogens is 3. The summed E-state index contributed by atoms with van der Waals surface area (Å²) in [5.41, 5.74) is 5.02. The summed E-state index contributed by atoms with van der Waals surface area (Å²) in [6.07, 6.45) is -0.711. The van der Waals surface area contributed by atoms with Crippen molar-refractivity contribution in [2.75, 3.05) is 0 Å². The van der Waals surface area contributed by atoms with Gasteiger partial charge in [0.05, 0.1) is 17.8 Å². The molecule has 2 aromatic heterocycles. The molecule has 1 fully saturated rings. The van der Waals surface area contributed by atoms with E-state index in [2.05, 4.69) is 15.4 Å². The van der Waals surface area contributed by atoms with Crippen molar-refractivity contribution in [2.24, 2.45) is 5.73 Å². The van der Waals surface area contributed by atoms with Gasteiger partial charge in [0.1, 0.15) is 17.5 Å². The number of alkyl halides is 3. The first kappa shape index (κ1) is 30.9. The largest absolute Gasteiger partial charge is 0.435 e. The van der Waals surface area contributed by atoms with Gasteiger partial charge in [0.15, 0.2) is 11.5 Å². The van der Waals surface area contributed by atoms with Crippen LogP contribution in [-0.4, -0.2) is 32.5 Å². The van der Waals surface area contributed by atoms with Crippen LogP contribution in [0.25, 0.3) is 11.1 Å². The van der Waals surface area contributed by atoms with E-state index in [4.69, 9.17) is 5.73 Å². The Morgan fingerprint density at radius 3 is 2.43 bits per heavy atom. The van der Waals surface area contributed by atoms with Gasteiger partial charge >= 0.3 is 6.18 Å². The van der Waals surface area contributed by atoms with Gasteiger partial charge in [-0.1, -0.05) is 12.1 Å². The van der Waals surface area contributed by atoms with Gasteiger partial charge < -0.3 is 11.1 Å². The molecule has 2 heterocycles.